The zero-order valence-electron chi connectivity index (χ0n) is 11.4. The predicted octanol–water partition coefficient (Wildman–Crippen LogP) is 1.58. The highest BCUT2D eigenvalue weighted by Gasteiger charge is 2.29. The van der Waals surface area contributed by atoms with Gasteiger partial charge in [-0.1, -0.05) is 15.9 Å². The fourth-order valence-corrected chi connectivity index (χ4v) is 2.57. The van der Waals surface area contributed by atoms with Crippen molar-refractivity contribution in [1.82, 2.24) is 5.32 Å². The van der Waals surface area contributed by atoms with Crippen LogP contribution in [-0.4, -0.2) is 31.8 Å². The van der Waals surface area contributed by atoms with Gasteiger partial charge in [0, 0.05) is 17.6 Å². The molecular weight excluding hydrogens is 324 g/mol. The molecule has 1 amide bonds. The number of halogens is 1. The lowest BCUT2D eigenvalue weighted by Gasteiger charge is -2.13. The van der Waals surface area contributed by atoms with Crippen LogP contribution in [0, 0.1) is 0 Å². The van der Waals surface area contributed by atoms with Gasteiger partial charge < -0.3 is 20.5 Å². The highest BCUT2D eigenvalue weighted by atomic mass is 79.9. The highest BCUT2D eigenvalue weighted by Crippen LogP contribution is 2.23. The van der Waals surface area contributed by atoms with E-state index in [9.17, 15) is 4.79 Å². The number of hydrogen-bond donors (Lipinski definition) is 2. The molecule has 0 radical (unpaired) electrons. The molecule has 6 heteroatoms. The maximum atomic E-state index is 12.0. The number of methoxy groups -OCH3 is 1. The van der Waals surface area contributed by atoms with Crippen LogP contribution in [0.3, 0.4) is 0 Å². The van der Waals surface area contributed by atoms with Crippen LogP contribution in [0.15, 0.2) is 22.7 Å². The van der Waals surface area contributed by atoms with Crippen molar-refractivity contribution in [1.29, 1.82) is 0 Å². The summed E-state index contributed by atoms with van der Waals surface area (Å²) in [5.41, 5.74) is 6.50. The zero-order chi connectivity index (χ0) is 14.5. The average molecular weight is 343 g/mol. The van der Waals surface area contributed by atoms with Crippen molar-refractivity contribution in [3.05, 3.63) is 28.2 Å². The largest absolute Gasteiger partial charge is 0.497 e. The molecule has 3 N–H and O–H groups in total. The number of hydrogen-bond acceptors (Lipinski definition) is 4. The van der Waals surface area contributed by atoms with Crippen LogP contribution < -0.4 is 15.8 Å². The first-order valence-electron chi connectivity index (χ1n) is 6.59. The molecule has 2 rings (SSSR count). The minimum Gasteiger partial charge on any atom is -0.497 e. The van der Waals surface area contributed by atoms with Crippen molar-refractivity contribution in [3.8, 4) is 5.75 Å². The minimum atomic E-state index is -0.382. The van der Waals surface area contributed by atoms with Gasteiger partial charge >= 0.3 is 0 Å². The smallest absolute Gasteiger partial charge is 0.249 e. The molecule has 1 saturated heterocycles. The second-order valence-corrected chi connectivity index (χ2v) is 5.59. The Kier molecular flexibility index (Phi) is 5.39. The summed E-state index contributed by atoms with van der Waals surface area (Å²) in [6.07, 6.45) is 1.20. The summed E-state index contributed by atoms with van der Waals surface area (Å²) in [6.45, 7) is 0.898. The van der Waals surface area contributed by atoms with E-state index in [4.69, 9.17) is 15.2 Å². The maximum absolute atomic E-state index is 12.0. The number of carbonyl (C=O) groups is 1. The first-order valence-corrected chi connectivity index (χ1v) is 7.39. The van der Waals surface area contributed by atoms with Gasteiger partial charge in [-0.2, -0.15) is 0 Å². The lowest BCUT2D eigenvalue weighted by molar-refractivity contribution is -0.132. The van der Waals surface area contributed by atoms with Gasteiger partial charge in [-0.3, -0.25) is 4.79 Å². The van der Waals surface area contributed by atoms with Crippen molar-refractivity contribution < 1.29 is 14.3 Å². The van der Waals surface area contributed by atoms with E-state index < -0.39 is 0 Å². The number of benzene rings is 1. The fraction of sp³-hybridized carbons (Fsp3) is 0.500. The molecule has 5 nitrogen and oxygen atoms in total. The van der Waals surface area contributed by atoms with E-state index in [1.165, 1.54) is 0 Å². The van der Waals surface area contributed by atoms with Crippen molar-refractivity contribution in [2.24, 2.45) is 5.73 Å². The van der Waals surface area contributed by atoms with E-state index in [0.29, 0.717) is 13.1 Å². The van der Waals surface area contributed by atoms with Gasteiger partial charge in [0.1, 0.15) is 11.9 Å². The topological polar surface area (TPSA) is 73.6 Å². The number of rotatable bonds is 5. The number of carbonyl (C=O) groups excluding carboxylic acids is 1. The molecule has 1 aromatic rings. The molecule has 1 aromatic carbocycles. The van der Waals surface area contributed by atoms with Gasteiger partial charge in [-0.15, -0.1) is 0 Å². The second kappa shape index (κ2) is 7.06. The number of amides is 1. The molecule has 110 valence electrons. The summed E-state index contributed by atoms with van der Waals surface area (Å²) in [7, 11) is 1.62. The summed E-state index contributed by atoms with van der Waals surface area (Å²) in [5.74, 6) is 0.674. The number of nitrogens with two attached hydrogens (primary N) is 1. The van der Waals surface area contributed by atoms with Crippen molar-refractivity contribution in [3.63, 3.8) is 0 Å². The van der Waals surface area contributed by atoms with E-state index in [1.807, 2.05) is 18.2 Å². The maximum Gasteiger partial charge on any atom is 0.249 e. The van der Waals surface area contributed by atoms with Crippen LogP contribution in [0.5, 0.6) is 5.75 Å². The van der Waals surface area contributed by atoms with Gasteiger partial charge in [-0.25, -0.2) is 0 Å². The second-order valence-electron chi connectivity index (χ2n) is 4.73. The minimum absolute atomic E-state index is 0.00862. The molecule has 1 aliphatic rings. The van der Waals surface area contributed by atoms with Crippen LogP contribution in [0.25, 0.3) is 0 Å². The summed E-state index contributed by atoms with van der Waals surface area (Å²) in [4.78, 5) is 12.0. The molecule has 1 aliphatic heterocycles. The predicted molar refractivity (Wildman–Crippen MR) is 79.5 cm³/mol. The first kappa shape index (κ1) is 15.3. The number of nitrogens with one attached hydrogen (secondary N) is 1. The normalized spacial score (nSPS) is 21.8. The molecule has 0 unspecified atom stereocenters. The standard InChI is InChI=1S/C14H19BrN2O3/c1-19-10-2-4-12(15)9(6-10)8-17-14(18)13-5-3-11(7-16)20-13/h2,4,6,11,13H,3,5,7-8,16H2,1H3,(H,17,18)/t11-,13+/m1/s1. The first-order chi connectivity index (χ1) is 9.63. The third kappa shape index (κ3) is 3.71. The molecule has 0 aromatic heterocycles. The van der Waals surface area contributed by atoms with Crippen LogP contribution in [0.2, 0.25) is 0 Å². The Labute approximate surface area is 126 Å². The molecule has 0 spiro atoms. The van der Waals surface area contributed by atoms with Crippen LogP contribution >= 0.6 is 15.9 Å². The Morgan fingerprint density at radius 1 is 1.55 bits per heavy atom. The summed E-state index contributed by atoms with van der Waals surface area (Å²) in [5, 5.41) is 2.89. The summed E-state index contributed by atoms with van der Waals surface area (Å²) in [6, 6.07) is 5.65. The van der Waals surface area contributed by atoms with Crippen LogP contribution in [-0.2, 0) is 16.1 Å². The summed E-state index contributed by atoms with van der Waals surface area (Å²) >= 11 is 3.46. The third-order valence-corrected chi connectivity index (χ3v) is 4.14. The van der Waals surface area contributed by atoms with E-state index in [1.54, 1.807) is 7.11 Å². The number of ether oxygens (including phenoxy) is 2. The molecule has 1 heterocycles. The lowest BCUT2D eigenvalue weighted by Crippen LogP contribution is -2.35. The molecule has 1 fully saturated rings. The monoisotopic (exact) mass is 342 g/mol. The molecule has 0 bridgehead atoms. The van der Waals surface area contributed by atoms with Crippen molar-refractivity contribution in [2.45, 2.75) is 31.6 Å². The molecule has 0 saturated carbocycles. The van der Waals surface area contributed by atoms with Gasteiger partial charge in [0.05, 0.1) is 13.2 Å². The molecule has 0 aliphatic carbocycles. The fourth-order valence-electron chi connectivity index (χ4n) is 2.18. The Morgan fingerprint density at radius 3 is 3.00 bits per heavy atom. The quantitative estimate of drug-likeness (QED) is 0.851. The van der Waals surface area contributed by atoms with Gasteiger partial charge in [0.25, 0.3) is 0 Å². The lowest BCUT2D eigenvalue weighted by atomic mass is 10.1. The Morgan fingerprint density at radius 2 is 2.35 bits per heavy atom. The molecule has 20 heavy (non-hydrogen) atoms. The van der Waals surface area contributed by atoms with Crippen molar-refractivity contribution in [2.75, 3.05) is 13.7 Å². The Balaban J connectivity index is 1.90. The highest BCUT2D eigenvalue weighted by molar-refractivity contribution is 9.10. The molecule has 2 atom stereocenters. The van der Waals surface area contributed by atoms with E-state index in [-0.39, 0.29) is 18.1 Å². The zero-order valence-corrected chi connectivity index (χ0v) is 13.0. The van der Waals surface area contributed by atoms with Gasteiger partial charge in [-0.05, 0) is 36.6 Å². The van der Waals surface area contributed by atoms with Crippen LogP contribution in [0.4, 0.5) is 0 Å². The summed E-state index contributed by atoms with van der Waals surface area (Å²) < 4.78 is 11.7. The van der Waals surface area contributed by atoms with E-state index in [0.717, 1.165) is 28.6 Å². The third-order valence-electron chi connectivity index (χ3n) is 3.37. The van der Waals surface area contributed by atoms with Gasteiger partial charge in [0.2, 0.25) is 5.91 Å². The van der Waals surface area contributed by atoms with E-state index in [2.05, 4.69) is 21.2 Å². The average Bonchev–Trinajstić information content (AvgIpc) is 2.95. The Hall–Kier alpha value is -1.11. The van der Waals surface area contributed by atoms with E-state index >= 15 is 0 Å². The molecular formula is C14H19BrN2O3. The van der Waals surface area contributed by atoms with Crippen molar-refractivity contribution >= 4 is 21.8 Å². The Bertz CT molecular complexity index is 481. The SMILES string of the molecule is COc1ccc(Br)c(CNC(=O)[C@@H]2CC[C@H](CN)O2)c1. The van der Waals surface area contributed by atoms with Gasteiger partial charge in [0.15, 0.2) is 0 Å². The van der Waals surface area contributed by atoms with Crippen LogP contribution in [0.1, 0.15) is 18.4 Å².